The third-order valence-corrected chi connectivity index (χ3v) is 5.23. The van der Waals surface area contributed by atoms with E-state index in [4.69, 9.17) is 9.15 Å². The van der Waals surface area contributed by atoms with E-state index in [9.17, 15) is 4.79 Å². The summed E-state index contributed by atoms with van der Waals surface area (Å²) in [5, 5.41) is 1.27. The summed E-state index contributed by atoms with van der Waals surface area (Å²) in [6.45, 7) is 3.10. The number of nitrogens with zero attached hydrogens (tertiary/aromatic N) is 1. The third-order valence-electron chi connectivity index (χ3n) is 5.23. The summed E-state index contributed by atoms with van der Waals surface area (Å²) < 4.78 is 11.0. The fourth-order valence-corrected chi connectivity index (χ4v) is 4.26. The van der Waals surface area contributed by atoms with Gasteiger partial charge in [-0.05, 0) is 38.4 Å². The SMILES string of the molecule is CCOC(=O)[C@@H]1C[C@@H]2c3cccc4occ(c34)C[C@H]2N(C)C1. The molecule has 4 heteroatoms. The van der Waals surface area contributed by atoms with Crippen molar-refractivity contribution in [3.63, 3.8) is 0 Å². The quantitative estimate of drug-likeness (QED) is 0.800. The van der Waals surface area contributed by atoms with Gasteiger partial charge >= 0.3 is 5.97 Å². The number of ether oxygens (including phenoxy) is 1. The molecule has 2 heterocycles. The van der Waals surface area contributed by atoms with Crippen molar-refractivity contribution < 1.29 is 13.9 Å². The molecule has 0 unspecified atom stereocenters. The lowest BCUT2D eigenvalue weighted by molar-refractivity contribution is -0.150. The number of carbonyl (C=O) groups excluding carboxylic acids is 1. The molecular formula is C18H21NO3. The maximum Gasteiger partial charge on any atom is 0.310 e. The van der Waals surface area contributed by atoms with Crippen molar-refractivity contribution in [3.05, 3.63) is 35.6 Å². The molecule has 1 saturated heterocycles. The summed E-state index contributed by atoms with van der Waals surface area (Å²) >= 11 is 0. The lowest BCUT2D eigenvalue weighted by Crippen LogP contribution is -2.49. The summed E-state index contributed by atoms with van der Waals surface area (Å²) in [5.41, 5.74) is 3.60. The molecule has 0 spiro atoms. The molecule has 2 aliphatic rings. The first kappa shape index (κ1) is 13.8. The maximum atomic E-state index is 12.2. The first-order chi connectivity index (χ1) is 10.7. The lowest BCUT2D eigenvalue weighted by Gasteiger charge is -2.44. The zero-order valence-electron chi connectivity index (χ0n) is 13.0. The summed E-state index contributed by atoms with van der Waals surface area (Å²) in [5.74, 6) is 0.287. The molecule has 4 nitrogen and oxygen atoms in total. The average Bonchev–Trinajstić information content (AvgIpc) is 2.93. The van der Waals surface area contributed by atoms with E-state index in [1.165, 1.54) is 16.5 Å². The fourth-order valence-electron chi connectivity index (χ4n) is 4.26. The van der Waals surface area contributed by atoms with Crippen molar-refractivity contribution in [1.82, 2.24) is 4.90 Å². The third kappa shape index (κ3) is 1.97. The van der Waals surface area contributed by atoms with Gasteiger partial charge < -0.3 is 14.1 Å². The number of likely N-dealkylation sites (N-methyl/N-ethyl adjacent to an activating group) is 1. The number of carbonyl (C=O) groups is 1. The number of benzene rings is 1. The average molecular weight is 299 g/mol. The minimum Gasteiger partial charge on any atom is -0.466 e. The fraction of sp³-hybridized carbons (Fsp3) is 0.500. The van der Waals surface area contributed by atoms with Crippen LogP contribution < -0.4 is 0 Å². The van der Waals surface area contributed by atoms with Crippen molar-refractivity contribution in [3.8, 4) is 0 Å². The molecule has 22 heavy (non-hydrogen) atoms. The molecule has 0 saturated carbocycles. The van der Waals surface area contributed by atoms with Gasteiger partial charge in [0.25, 0.3) is 0 Å². The van der Waals surface area contributed by atoms with E-state index in [1.807, 2.05) is 19.3 Å². The molecular weight excluding hydrogens is 278 g/mol. The number of furan rings is 1. The molecule has 0 radical (unpaired) electrons. The molecule has 0 N–H and O–H groups in total. The van der Waals surface area contributed by atoms with E-state index in [-0.39, 0.29) is 11.9 Å². The van der Waals surface area contributed by atoms with E-state index in [0.717, 1.165) is 25.0 Å². The second-order valence-corrected chi connectivity index (χ2v) is 6.48. The van der Waals surface area contributed by atoms with Gasteiger partial charge in [0, 0.05) is 29.5 Å². The van der Waals surface area contributed by atoms with Crippen LogP contribution in [0.5, 0.6) is 0 Å². The Morgan fingerprint density at radius 3 is 3.14 bits per heavy atom. The molecule has 0 amide bonds. The minimum absolute atomic E-state index is 0.0325. The Hall–Kier alpha value is -1.81. The highest BCUT2D eigenvalue weighted by Crippen LogP contribution is 2.45. The van der Waals surface area contributed by atoms with Crippen LogP contribution in [0.1, 0.15) is 30.4 Å². The number of rotatable bonds is 2. The summed E-state index contributed by atoms with van der Waals surface area (Å²) in [6, 6.07) is 6.72. The van der Waals surface area contributed by atoms with Crippen molar-refractivity contribution >= 4 is 16.9 Å². The van der Waals surface area contributed by atoms with E-state index in [2.05, 4.69) is 24.1 Å². The topological polar surface area (TPSA) is 42.7 Å². The summed E-state index contributed by atoms with van der Waals surface area (Å²) in [4.78, 5) is 14.5. The molecule has 3 atom stereocenters. The van der Waals surface area contributed by atoms with E-state index >= 15 is 0 Å². The van der Waals surface area contributed by atoms with E-state index in [0.29, 0.717) is 18.6 Å². The lowest BCUT2D eigenvalue weighted by atomic mass is 9.72. The van der Waals surface area contributed by atoms with Gasteiger partial charge in [-0.3, -0.25) is 4.79 Å². The standard InChI is InChI=1S/C18H21NO3/c1-3-21-18(20)11-7-14-13-5-4-6-16-17(13)12(10-22-16)8-15(14)19(2)9-11/h4-6,10-11,14-15H,3,7-9H2,1-2H3/t11-,14-,15-/m1/s1. The van der Waals surface area contributed by atoms with Gasteiger partial charge in [0.15, 0.2) is 0 Å². The van der Waals surface area contributed by atoms with Gasteiger partial charge in [0.2, 0.25) is 0 Å². The predicted molar refractivity (Wildman–Crippen MR) is 83.8 cm³/mol. The number of hydrogen-bond acceptors (Lipinski definition) is 4. The van der Waals surface area contributed by atoms with Gasteiger partial charge in [-0.25, -0.2) is 0 Å². The number of esters is 1. The monoisotopic (exact) mass is 299 g/mol. The Kier molecular flexibility index (Phi) is 3.22. The van der Waals surface area contributed by atoms with Crippen LogP contribution in [0.4, 0.5) is 0 Å². The molecule has 4 rings (SSSR count). The Labute approximate surface area is 130 Å². The molecule has 0 bridgehead atoms. The van der Waals surface area contributed by atoms with Gasteiger partial charge in [0.1, 0.15) is 5.58 Å². The highest BCUT2D eigenvalue weighted by Gasteiger charge is 2.42. The smallest absolute Gasteiger partial charge is 0.310 e. The molecule has 1 fully saturated rings. The Morgan fingerprint density at radius 2 is 2.32 bits per heavy atom. The van der Waals surface area contributed by atoms with Gasteiger partial charge in [-0.2, -0.15) is 0 Å². The van der Waals surface area contributed by atoms with Crippen LogP contribution in [0, 0.1) is 5.92 Å². The Bertz CT molecular complexity index is 720. The van der Waals surface area contributed by atoms with E-state index < -0.39 is 0 Å². The molecule has 1 aliphatic carbocycles. The molecule has 2 aromatic rings. The molecule has 1 aromatic carbocycles. The molecule has 1 aromatic heterocycles. The largest absolute Gasteiger partial charge is 0.466 e. The second-order valence-electron chi connectivity index (χ2n) is 6.48. The number of piperidine rings is 1. The van der Waals surface area contributed by atoms with Crippen LogP contribution in [0.25, 0.3) is 11.0 Å². The first-order valence-electron chi connectivity index (χ1n) is 8.05. The minimum atomic E-state index is -0.0574. The van der Waals surface area contributed by atoms with Crippen LogP contribution >= 0.6 is 0 Å². The van der Waals surface area contributed by atoms with Crippen LogP contribution in [0.3, 0.4) is 0 Å². The van der Waals surface area contributed by atoms with Crippen molar-refractivity contribution in [2.24, 2.45) is 5.92 Å². The van der Waals surface area contributed by atoms with Crippen molar-refractivity contribution in [2.45, 2.75) is 31.7 Å². The highest BCUT2D eigenvalue weighted by molar-refractivity contribution is 5.86. The zero-order valence-corrected chi connectivity index (χ0v) is 13.0. The van der Waals surface area contributed by atoms with Crippen LogP contribution in [0.15, 0.2) is 28.9 Å². The normalized spacial score (nSPS) is 27.6. The summed E-state index contributed by atoms with van der Waals surface area (Å²) in [7, 11) is 2.12. The second kappa shape index (κ2) is 5.13. The van der Waals surface area contributed by atoms with Gasteiger partial charge in [0.05, 0.1) is 18.8 Å². The maximum absolute atomic E-state index is 12.2. The van der Waals surface area contributed by atoms with E-state index in [1.54, 1.807) is 0 Å². The number of likely N-dealkylation sites (tertiary alicyclic amines) is 1. The number of fused-ring (bicyclic) bond motifs is 2. The van der Waals surface area contributed by atoms with Crippen LogP contribution in [-0.2, 0) is 16.0 Å². The van der Waals surface area contributed by atoms with Gasteiger partial charge in [-0.15, -0.1) is 0 Å². The van der Waals surface area contributed by atoms with Crippen LogP contribution in [0.2, 0.25) is 0 Å². The Balaban J connectivity index is 1.73. The predicted octanol–water partition coefficient (Wildman–Crippen LogP) is 2.96. The first-order valence-corrected chi connectivity index (χ1v) is 8.05. The van der Waals surface area contributed by atoms with Crippen LogP contribution in [-0.4, -0.2) is 37.1 Å². The van der Waals surface area contributed by atoms with Crippen molar-refractivity contribution in [2.75, 3.05) is 20.2 Å². The van der Waals surface area contributed by atoms with Crippen molar-refractivity contribution in [1.29, 1.82) is 0 Å². The number of hydrogen-bond donors (Lipinski definition) is 0. The zero-order chi connectivity index (χ0) is 15.3. The Morgan fingerprint density at radius 1 is 1.45 bits per heavy atom. The molecule has 116 valence electrons. The van der Waals surface area contributed by atoms with Gasteiger partial charge in [-0.1, -0.05) is 12.1 Å². The molecule has 1 aliphatic heterocycles. The highest BCUT2D eigenvalue weighted by atomic mass is 16.5. The summed E-state index contributed by atoms with van der Waals surface area (Å²) in [6.07, 6.45) is 3.77.